The molecule has 7 heteroatoms. The Bertz CT molecular complexity index is 1460. The average molecular weight is 635 g/mol. The summed E-state index contributed by atoms with van der Waals surface area (Å²) in [6, 6.07) is 6.56. The molecule has 0 spiro atoms. The third kappa shape index (κ3) is 4.50. The first kappa shape index (κ1) is 33.3. The highest BCUT2D eigenvalue weighted by Crippen LogP contribution is 2.76. The molecule has 0 saturated heterocycles. The number of allylic oxidation sites excluding steroid dienone is 1. The van der Waals surface area contributed by atoms with Crippen molar-refractivity contribution in [1.29, 1.82) is 0 Å². The molecule has 4 fully saturated rings. The van der Waals surface area contributed by atoms with E-state index < -0.39 is 46.5 Å². The Kier molecular flexibility index (Phi) is 7.73. The molecule has 252 valence electrons. The van der Waals surface area contributed by atoms with Crippen LogP contribution in [0.3, 0.4) is 0 Å². The molecule has 46 heavy (non-hydrogen) atoms. The first-order valence-electron chi connectivity index (χ1n) is 17.4. The number of carboxylic acids is 1. The van der Waals surface area contributed by atoms with Crippen molar-refractivity contribution in [3.05, 3.63) is 47.6 Å². The fourth-order valence-corrected chi connectivity index (χ4v) is 12.0. The molecule has 1 aromatic rings. The lowest BCUT2D eigenvalue weighted by Crippen LogP contribution is -2.69. The zero-order chi connectivity index (χ0) is 33.7. The lowest BCUT2D eigenvalue weighted by molar-refractivity contribution is -0.241. The average Bonchev–Trinajstić information content (AvgIpc) is 2.97. The number of aliphatic carboxylic acids is 1. The van der Waals surface area contributed by atoms with Crippen LogP contribution in [0.2, 0.25) is 0 Å². The second-order valence-electron chi connectivity index (χ2n) is 17.2. The summed E-state index contributed by atoms with van der Waals surface area (Å²) in [5.74, 6) is -1.10. The second kappa shape index (κ2) is 10.7. The van der Waals surface area contributed by atoms with Crippen molar-refractivity contribution < 1.29 is 34.8 Å². The molecular weight excluding hydrogens is 580 g/mol. The molecule has 11 atom stereocenters. The number of phenols is 1. The molecule has 0 amide bonds. The van der Waals surface area contributed by atoms with Crippen LogP contribution in [0.15, 0.2) is 42.0 Å². The summed E-state index contributed by atoms with van der Waals surface area (Å²) in [6.07, 6.45) is 9.73. The standard InChI is InChI=1S/C39H54O7/c1-23-16-19-39(33(43)44)21-20-36(5)26(31(39)38(23,7)45)13-14-29-35(4)22-27(32(42)34(2,3)28(35)17-18-37(29,36)6)46-30(41)15-10-24-8-11-25(40)12-9-24/h8-13,15,23,27-29,31-32,40,42,45H,14,16-22H2,1-7H3,(H,43,44)/b15-10+/t23-,27-,28+,29-,31-,32+,35+,36-,37-,38-,39+/m1/s1. The highest BCUT2D eigenvalue weighted by Gasteiger charge is 2.72. The summed E-state index contributed by atoms with van der Waals surface area (Å²) < 4.78 is 6.05. The Morgan fingerprint density at radius 1 is 0.935 bits per heavy atom. The maximum Gasteiger partial charge on any atom is 0.331 e. The van der Waals surface area contributed by atoms with Gasteiger partial charge in [-0.15, -0.1) is 0 Å². The Morgan fingerprint density at radius 3 is 2.26 bits per heavy atom. The number of aliphatic hydroxyl groups is 2. The van der Waals surface area contributed by atoms with Gasteiger partial charge in [0.1, 0.15) is 11.9 Å². The van der Waals surface area contributed by atoms with Gasteiger partial charge in [0, 0.05) is 12.0 Å². The summed E-state index contributed by atoms with van der Waals surface area (Å²) in [5, 5.41) is 44.0. The van der Waals surface area contributed by atoms with E-state index in [0.717, 1.165) is 36.8 Å². The van der Waals surface area contributed by atoms with Crippen LogP contribution < -0.4 is 0 Å². The third-order valence-electron chi connectivity index (χ3n) is 15.0. The van der Waals surface area contributed by atoms with Gasteiger partial charge in [-0.2, -0.15) is 0 Å². The number of carbonyl (C=O) groups is 2. The van der Waals surface area contributed by atoms with Crippen LogP contribution in [0.1, 0.15) is 105 Å². The molecule has 0 bridgehead atoms. The topological polar surface area (TPSA) is 124 Å². The number of aromatic hydroxyl groups is 1. The Labute approximate surface area is 274 Å². The van der Waals surface area contributed by atoms with Gasteiger partial charge in [-0.25, -0.2) is 4.79 Å². The molecule has 1 aromatic carbocycles. The van der Waals surface area contributed by atoms with Crippen LogP contribution in [-0.2, 0) is 14.3 Å². The van der Waals surface area contributed by atoms with E-state index in [0.29, 0.717) is 25.7 Å². The minimum absolute atomic E-state index is 0.00572. The number of esters is 1. The number of hydrogen-bond acceptors (Lipinski definition) is 6. The molecule has 7 nitrogen and oxygen atoms in total. The molecule has 4 N–H and O–H groups in total. The van der Waals surface area contributed by atoms with Gasteiger partial charge in [-0.05, 0) is 121 Å². The van der Waals surface area contributed by atoms with Crippen LogP contribution >= 0.6 is 0 Å². The summed E-state index contributed by atoms with van der Waals surface area (Å²) in [7, 11) is 0. The zero-order valence-corrected chi connectivity index (χ0v) is 28.7. The maximum atomic E-state index is 13.1. The monoisotopic (exact) mass is 634 g/mol. The van der Waals surface area contributed by atoms with Gasteiger partial charge in [-0.1, -0.05) is 65.3 Å². The number of hydrogen-bond donors (Lipinski definition) is 4. The number of fused-ring (bicyclic) bond motifs is 7. The van der Waals surface area contributed by atoms with E-state index in [4.69, 9.17) is 4.74 Å². The Hall–Kier alpha value is -2.64. The SMILES string of the molecule is C[C@@H]1CC[C@]2(C(=O)O)CC[C@]3(C)C(=CC[C@@H]4[C@@]5(C)C[C@@H](OC(=O)/C=C/c6ccc(O)cc6)[C@H](O)C(C)(C)[C@@H]5CC[C@]43C)[C@@H]2[C@]1(C)O. The van der Waals surface area contributed by atoms with Gasteiger partial charge in [0.25, 0.3) is 0 Å². The molecule has 0 radical (unpaired) electrons. The number of ether oxygens (including phenoxy) is 1. The molecule has 6 rings (SSSR count). The van der Waals surface area contributed by atoms with E-state index in [9.17, 15) is 30.0 Å². The van der Waals surface area contributed by atoms with Gasteiger partial charge >= 0.3 is 11.9 Å². The normalized spacial score (nSPS) is 46.2. The van der Waals surface area contributed by atoms with E-state index in [2.05, 4.69) is 47.6 Å². The molecule has 5 aliphatic carbocycles. The van der Waals surface area contributed by atoms with Crippen molar-refractivity contribution in [1.82, 2.24) is 0 Å². The predicted octanol–water partition coefficient (Wildman–Crippen LogP) is 7.15. The number of rotatable bonds is 4. The van der Waals surface area contributed by atoms with Gasteiger partial charge in [0.2, 0.25) is 0 Å². The van der Waals surface area contributed by atoms with Crippen molar-refractivity contribution in [2.45, 2.75) is 118 Å². The van der Waals surface area contributed by atoms with E-state index in [1.54, 1.807) is 30.3 Å². The number of phenolic OH excluding ortho intramolecular Hbond substituents is 1. The minimum Gasteiger partial charge on any atom is -0.508 e. The largest absolute Gasteiger partial charge is 0.508 e. The molecule has 4 saturated carbocycles. The first-order valence-corrected chi connectivity index (χ1v) is 17.4. The molecule has 0 aliphatic heterocycles. The van der Waals surface area contributed by atoms with Gasteiger partial charge in [-0.3, -0.25) is 4.79 Å². The van der Waals surface area contributed by atoms with Crippen molar-refractivity contribution in [3.8, 4) is 5.75 Å². The summed E-state index contributed by atoms with van der Waals surface area (Å²) in [4.78, 5) is 26.1. The van der Waals surface area contributed by atoms with Crippen molar-refractivity contribution in [2.75, 3.05) is 0 Å². The Balaban J connectivity index is 1.35. The molecule has 0 aromatic heterocycles. The fraction of sp³-hybridized carbons (Fsp3) is 0.692. The van der Waals surface area contributed by atoms with Crippen molar-refractivity contribution in [3.63, 3.8) is 0 Å². The fourth-order valence-electron chi connectivity index (χ4n) is 12.0. The van der Waals surface area contributed by atoms with E-state index in [1.165, 1.54) is 6.08 Å². The van der Waals surface area contributed by atoms with E-state index >= 15 is 0 Å². The summed E-state index contributed by atoms with van der Waals surface area (Å²) in [6.45, 7) is 15.2. The van der Waals surface area contributed by atoms with Gasteiger partial charge in [0.15, 0.2) is 0 Å². The lowest BCUT2D eigenvalue weighted by atomic mass is 9.33. The van der Waals surface area contributed by atoms with Crippen LogP contribution in [-0.4, -0.2) is 50.2 Å². The highest BCUT2D eigenvalue weighted by atomic mass is 16.6. The zero-order valence-electron chi connectivity index (χ0n) is 28.7. The quantitative estimate of drug-likeness (QED) is 0.158. The Morgan fingerprint density at radius 2 is 1.61 bits per heavy atom. The smallest absolute Gasteiger partial charge is 0.331 e. The third-order valence-corrected chi connectivity index (χ3v) is 15.0. The van der Waals surface area contributed by atoms with Crippen LogP contribution in [0.25, 0.3) is 6.08 Å². The number of benzene rings is 1. The minimum atomic E-state index is -1.11. The van der Waals surface area contributed by atoms with Crippen LogP contribution in [0.5, 0.6) is 5.75 Å². The molecule has 0 heterocycles. The molecule has 0 unspecified atom stereocenters. The van der Waals surface area contributed by atoms with Crippen molar-refractivity contribution in [2.24, 2.45) is 50.7 Å². The predicted molar refractivity (Wildman–Crippen MR) is 176 cm³/mol. The number of aliphatic hydroxyl groups excluding tert-OH is 1. The molecule has 5 aliphatic rings. The lowest BCUT2D eigenvalue weighted by Gasteiger charge is -2.72. The number of carboxylic acid groups (broad SMARTS) is 1. The van der Waals surface area contributed by atoms with E-state index in [-0.39, 0.29) is 39.7 Å². The van der Waals surface area contributed by atoms with Crippen LogP contribution in [0, 0.1) is 50.7 Å². The number of carbonyl (C=O) groups excluding carboxylic acids is 1. The second-order valence-corrected chi connectivity index (χ2v) is 17.2. The highest BCUT2D eigenvalue weighted by molar-refractivity contribution is 5.87. The molecular formula is C39H54O7. The summed E-state index contributed by atoms with van der Waals surface area (Å²) >= 11 is 0. The maximum absolute atomic E-state index is 13.1. The van der Waals surface area contributed by atoms with E-state index in [1.807, 2.05) is 6.92 Å². The van der Waals surface area contributed by atoms with Gasteiger partial charge in [0.05, 0.1) is 17.1 Å². The first-order chi connectivity index (χ1) is 21.3. The van der Waals surface area contributed by atoms with Crippen molar-refractivity contribution >= 4 is 18.0 Å². The van der Waals surface area contributed by atoms with Gasteiger partial charge < -0.3 is 25.2 Å². The van der Waals surface area contributed by atoms with Crippen LogP contribution in [0.4, 0.5) is 0 Å². The summed E-state index contributed by atoms with van der Waals surface area (Å²) in [5.41, 5.74) is -1.32.